The number of anilines is 3. The number of aryl methyl sites for hydroxylation is 1. The minimum atomic E-state index is -4.50. The van der Waals surface area contributed by atoms with Crippen molar-refractivity contribution < 1.29 is 22.7 Å². The summed E-state index contributed by atoms with van der Waals surface area (Å²) in [5.74, 6) is 0.573. The number of pyridine rings is 1. The van der Waals surface area contributed by atoms with Gasteiger partial charge in [-0.3, -0.25) is 4.90 Å². The number of halogens is 3. The van der Waals surface area contributed by atoms with Crippen molar-refractivity contribution in [2.24, 2.45) is 0 Å². The van der Waals surface area contributed by atoms with E-state index in [0.29, 0.717) is 18.1 Å². The maximum absolute atomic E-state index is 13.0. The Kier molecular flexibility index (Phi) is 8.64. The summed E-state index contributed by atoms with van der Waals surface area (Å²) in [5.41, 5.74) is 9.51. The molecule has 0 bridgehead atoms. The van der Waals surface area contributed by atoms with Gasteiger partial charge in [0.1, 0.15) is 0 Å². The molecule has 1 fully saturated rings. The first-order valence-corrected chi connectivity index (χ1v) is 13.9. The van der Waals surface area contributed by atoms with Gasteiger partial charge in [0, 0.05) is 43.2 Å². The molecule has 4 aromatic rings. The minimum absolute atomic E-state index is 0.0387. The molecule has 4 N–H and O–H groups in total. The third kappa shape index (κ3) is 6.82. The van der Waals surface area contributed by atoms with Gasteiger partial charge in [-0.15, -0.1) is 0 Å². The van der Waals surface area contributed by atoms with Gasteiger partial charge in [-0.05, 0) is 59.9 Å². The lowest BCUT2D eigenvalue weighted by atomic mass is 9.99. The maximum Gasteiger partial charge on any atom is 0.416 e. The fourth-order valence-corrected chi connectivity index (χ4v) is 4.97. The highest BCUT2D eigenvalue weighted by atomic mass is 19.4. The summed E-state index contributed by atoms with van der Waals surface area (Å²) in [6.45, 7) is 9.16. The maximum atomic E-state index is 13.0. The summed E-state index contributed by atoms with van der Waals surface area (Å²) < 4.78 is 46.3. The molecule has 222 valence electrons. The third-order valence-electron chi connectivity index (χ3n) is 7.19. The number of urea groups is 1. The Labute approximate surface area is 241 Å². The second-order valence-corrected chi connectivity index (χ2v) is 10.6. The van der Waals surface area contributed by atoms with Gasteiger partial charge in [-0.1, -0.05) is 32.0 Å². The number of nitrogen functional groups attached to an aromatic ring is 1. The number of nitrogens with zero attached hydrogens (tertiary/aromatic N) is 4. The molecule has 0 aliphatic carbocycles. The van der Waals surface area contributed by atoms with Crippen LogP contribution in [0.2, 0.25) is 0 Å². The quantitative estimate of drug-likeness (QED) is 0.229. The number of rotatable bonds is 8. The average Bonchev–Trinajstić information content (AvgIpc) is 3.28. The molecule has 12 heteroatoms. The monoisotopic (exact) mass is 581 g/mol. The Bertz CT molecular complexity index is 1550. The molecular weight excluding hydrogens is 547 g/mol. The van der Waals surface area contributed by atoms with Crippen molar-refractivity contribution >= 4 is 34.3 Å². The van der Waals surface area contributed by atoms with Crippen LogP contribution in [0.1, 0.15) is 37.4 Å². The molecule has 0 spiro atoms. The molecule has 0 unspecified atom stereocenters. The topological polar surface area (TPSA) is 110 Å². The van der Waals surface area contributed by atoms with Gasteiger partial charge in [0.2, 0.25) is 0 Å². The molecule has 42 heavy (non-hydrogen) atoms. The van der Waals surface area contributed by atoms with Gasteiger partial charge in [0.05, 0.1) is 24.2 Å². The number of hydrogen-bond donors (Lipinski definition) is 3. The number of morpholine rings is 1. The fraction of sp³-hybridized carbons (Fsp3) is 0.367. The van der Waals surface area contributed by atoms with E-state index in [4.69, 9.17) is 15.5 Å². The zero-order valence-corrected chi connectivity index (χ0v) is 23.5. The smallest absolute Gasteiger partial charge is 0.382 e. The van der Waals surface area contributed by atoms with Crippen molar-refractivity contribution in [1.82, 2.24) is 19.7 Å². The first kappa shape index (κ1) is 29.3. The van der Waals surface area contributed by atoms with Crippen LogP contribution in [0.4, 0.5) is 35.2 Å². The van der Waals surface area contributed by atoms with Gasteiger partial charge in [0.15, 0.2) is 11.5 Å². The molecule has 1 saturated heterocycles. The lowest BCUT2D eigenvalue weighted by molar-refractivity contribution is -0.137. The molecular formula is C30H34F3N7O2. The lowest BCUT2D eigenvalue weighted by Crippen LogP contribution is -2.37. The van der Waals surface area contributed by atoms with Gasteiger partial charge < -0.3 is 21.1 Å². The minimum Gasteiger partial charge on any atom is -0.382 e. The number of alkyl halides is 3. The molecule has 0 radical (unpaired) electrons. The predicted molar refractivity (Wildman–Crippen MR) is 157 cm³/mol. The van der Waals surface area contributed by atoms with Crippen molar-refractivity contribution in [3.05, 3.63) is 65.9 Å². The van der Waals surface area contributed by atoms with E-state index in [0.717, 1.165) is 79.3 Å². The predicted octanol–water partition coefficient (Wildman–Crippen LogP) is 6.19. The van der Waals surface area contributed by atoms with Crippen molar-refractivity contribution in [1.29, 1.82) is 0 Å². The highest BCUT2D eigenvalue weighted by Gasteiger charge is 2.30. The molecule has 0 atom stereocenters. The van der Waals surface area contributed by atoms with E-state index in [1.165, 1.54) is 12.1 Å². The fourth-order valence-electron chi connectivity index (χ4n) is 4.97. The summed E-state index contributed by atoms with van der Waals surface area (Å²) in [6.07, 6.45) is -3.59. The van der Waals surface area contributed by atoms with Crippen LogP contribution >= 0.6 is 0 Å². The molecule has 5 rings (SSSR count). The number of carbonyl (C=O) groups is 1. The van der Waals surface area contributed by atoms with Gasteiger partial charge in [0.25, 0.3) is 0 Å². The first-order chi connectivity index (χ1) is 20.1. The second kappa shape index (κ2) is 12.4. The van der Waals surface area contributed by atoms with Crippen molar-refractivity contribution in [3.63, 3.8) is 0 Å². The number of ether oxygens (including phenoxy) is 1. The van der Waals surface area contributed by atoms with Crippen LogP contribution in [-0.2, 0) is 17.5 Å². The summed E-state index contributed by atoms with van der Waals surface area (Å²) in [7, 11) is 0. The Balaban J connectivity index is 1.33. The molecule has 2 aromatic heterocycles. The highest BCUT2D eigenvalue weighted by Crippen LogP contribution is 2.35. The molecule has 2 amide bonds. The van der Waals surface area contributed by atoms with E-state index >= 15 is 0 Å². The van der Waals surface area contributed by atoms with Crippen LogP contribution in [0.3, 0.4) is 0 Å². The molecule has 9 nitrogen and oxygen atoms in total. The van der Waals surface area contributed by atoms with E-state index < -0.39 is 17.8 Å². The van der Waals surface area contributed by atoms with Crippen molar-refractivity contribution in [2.45, 2.75) is 38.9 Å². The second-order valence-electron chi connectivity index (χ2n) is 10.6. The summed E-state index contributed by atoms with van der Waals surface area (Å²) in [6, 6.07) is 13.0. The van der Waals surface area contributed by atoms with Crippen molar-refractivity contribution in [3.8, 4) is 11.1 Å². The molecule has 3 heterocycles. The normalized spacial score (nSPS) is 14.4. The Morgan fingerprint density at radius 2 is 1.74 bits per heavy atom. The number of benzene rings is 2. The van der Waals surface area contributed by atoms with Crippen molar-refractivity contribution in [2.75, 3.05) is 49.2 Å². The number of fused-ring (bicyclic) bond motifs is 1. The number of nitrogens with one attached hydrogen (secondary N) is 2. The van der Waals surface area contributed by atoms with Gasteiger partial charge in [-0.25, -0.2) is 14.5 Å². The zero-order chi connectivity index (χ0) is 29.9. The first-order valence-electron chi connectivity index (χ1n) is 13.9. The number of hydrogen-bond acceptors (Lipinski definition) is 6. The Hall–Kier alpha value is -4.16. The van der Waals surface area contributed by atoms with E-state index in [1.54, 1.807) is 12.1 Å². The van der Waals surface area contributed by atoms with E-state index in [1.807, 2.05) is 22.9 Å². The van der Waals surface area contributed by atoms with Crippen LogP contribution in [-0.4, -0.2) is 58.5 Å². The number of nitrogens with two attached hydrogens (primary N) is 1. The standard InChI is InChI=1S/C30H34F3N7O2/c1-19(2)25-18-24(26-27(34)38-40(28(26)37-25)12-4-11-39-13-15-42-16-14-39)20-7-9-22(10-8-20)35-29(41)36-23-6-3-5-21(17-23)30(31,32)33/h3,5-10,17-19H,4,11-16H2,1-2H3,(H2,34,38)(H2,35,36,41). The van der Waals surface area contributed by atoms with E-state index in [-0.39, 0.29) is 11.6 Å². The summed E-state index contributed by atoms with van der Waals surface area (Å²) >= 11 is 0. The van der Waals surface area contributed by atoms with Crippen LogP contribution in [0.25, 0.3) is 22.2 Å². The van der Waals surface area contributed by atoms with Crippen LogP contribution in [0, 0.1) is 0 Å². The third-order valence-corrected chi connectivity index (χ3v) is 7.19. The highest BCUT2D eigenvalue weighted by molar-refractivity contribution is 6.02. The SMILES string of the molecule is CC(C)c1cc(-c2ccc(NC(=O)Nc3cccc(C(F)(F)F)c3)cc2)c2c(N)nn(CCCN3CCOCC3)c2n1. The van der Waals surface area contributed by atoms with Crippen LogP contribution < -0.4 is 16.4 Å². The number of carbonyl (C=O) groups excluding carboxylic acids is 1. The van der Waals surface area contributed by atoms with E-state index in [9.17, 15) is 18.0 Å². The number of aromatic nitrogens is 3. The van der Waals surface area contributed by atoms with Crippen LogP contribution in [0.5, 0.6) is 0 Å². The van der Waals surface area contributed by atoms with E-state index in [2.05, 4.69) is 34.5 Å². The average molecular weight is 582 g/mol. The molecule has 2 aromatic carbocycles. The zero-order valence-electron chi connectivity index (χ0n) is 23.5. The van der Waals surface area contributed by atoms with Gasteiger partial charge in [-0.2, -0.15) is 18.3 Å². The van der Waals surface area contributed by atoms with Gasteiger partial charge >= 0.3 is 12.2 Å². The summed E-state index contributed by atoms with van der Waals surface area (Å²) in [4.78, 5) is 19.8. The largest absolute Gasteiger partial charge is 0.416 e. The van der Waals surface area contributed by atoms with Crippen LogP contribution in [0.15, 0.2) is 54.6 Å². The number of amides is 2. The molecule has 0 saturated carbocycles. The lowest BCUT2D eigenvalue weighted by Gasteiger charge is -2.26. The summed E-state index contributed by atoms with van der Waals surface area (Å²) in [5, 5.41) is 10.5. The molecule has 1 aliphatic heterocycles. The Morgan fingerprint density at radius 3 is 2.43 bits per heavy atom. The Morgan fingerprint density at radius 1 is 1.02 bits per heavy atom. The molecule has 1 aliphatic rings.